The van der Waals surface area contributed by atoms with Crippen molar-refractivity contribution in [1.29, 1.82) is 0 Å². The Morgan fingerprint density at radius 3 is 2.79 bits per heavy atom. The number of ether oxygens (including phenoxy) is 1. The Bertz CT molecular complexity index is 580. The molecule has 2 N–H and O–H groups in total. The molecular weight excluding hydrogens is 322 g/mol. The maximum Gasteiger partial charge on any atom is 0.124 e. The Morgan fingerprint density at radius 2 is 2.16 bits per heavy atom. The van der Waals surface area contributed by atoms with Crippen molar-refractivity contribution >= 4 is 27.3 Å². The lowest BCUT2D eigenvalue weighted by Gasteiger charge is -2.17. The van der Waals surface area contributed by atoms with Crippen LogP contribution in [0.5, 0.6) is 5.75 Å². The van der Waals surface area contributed by atoms with Crippen molar-refractivity contribution in [3.8, 4) is 5.75 Å². The highest BCUT2D eigenvalue weighted by Gasteiger charge is 2.19. The molecule has 1 aromatic carbocycles. The Labute approximate surface area is 126 Å². The van der Waals surface area contributed by atoms with Gasteiger partial charge in [-0.1, -0.05) is 22.9 Å². The Morgan fingerprint density at radius 1 is 1.42 bits per heavy atom. The number of nitrogens with two attached hydrogens (primary N) is 1. The van der Waals surface area contributed by atoms with Crippen LogP contribution in [0.3, 0.4) is 0 Å². The van der Waals surface area contributed by atoms with Gasteiger partial charge in [-0.25, -0.2) is 0 Å². The largest absolute Gasteiger partial charge is 0.496 e. The summed E-state index contributed by atoms with van der Waals surface area (Å²) < 4.78 is 6.54. The fourth-order valence-corrected chi connectivity index (χ4v) is 3.52. The monoisotopic (exact) mass is 339 g/mol. The molecule has 1 unspecified atom stereocenters. The van der Waals surface area contributed by atoms with Crippen LogP contribution in [0.15, 0.2) is 28.1 Å². The van der Waals surface area contributed by atoms with Crippen molar-refractivity contribution in [2.75, 3.05) is 7.11 Å². The molecule has 0 saturated carbocycles. The van der Waals surface area contributed by atoms with Gasteiger partial charge in [0, 0.05) is 14.9 Å². The van der Waals surface area contributed by atoms with Crippen LogP contribution in [0, 0.1) is 6.92 Å². The van der Waals surface area contributed by atoms with Gasteiger partial charge in [-0.15, -0.1) is 11.3 Å². The van der Waals surface area contributed by atoms with E-state index in [0.717, 1.165) is 27.8 Å². The second-order valence-corrected chi connectivity index (χ2v) is 6.29. The molecule has 1 atom stereocenters. The highest BCUT2D eigenvalue weighted by molar-refractivity contribution is 9.10. The van der Waals surface area contributed by atoms with Crippen LogP contribution in [0.4, 0.5) is 0 Å². The third kappa shape index (κ3) is 2.86. The maximum absolute atomic E-state index is 6.44. The molecule has 4 heteroatoms. The van der Waals surface area contributed by atoms with Crippen molar-refractivity contribution < 1.29 is 4.74 Å². The average Bonchev–Trinajstić information content (AvgIpc) is 2.88. The van der Waals surface area contributed by atoms with Gasteiger partial charge in [0.15, 0.2) is 0 Å². The van der Waals surface area contributed by atoms with Gasteiger partial charge in [0.2, 0.25) is 0 Å². The molecular formula is C15H18BrNOS. The van der Waals surface area contributed by atoms with Gasteiger partial charge in [0.25, 0.3) is 0 Å². The molecule has 0 fully saturated rings. The van der Waals surface area contributed by atoms with E-state index in [2.05, 4.69) is 40.4 Å². The minimum absolute atomic E-state index is 0.137. The highest BCUT2D eigenvalue weighted by atomic mass is 79.9. The predicted molar refractivity (Wildman–Crippen MR) is 85.2 cm³/mol. The van der Waals surface area contributed by atoms with Crippen molar-refractivity contribution in [1.82, 2.24) is 0 Å². The van der Waals surface area contributed by atoms with Gasteiger partial charge in [0.05, 0.1) is 13.2 Å². The van der Waals surface area contributed by atoms with Gasteiger partial charge in [-0.05, 0) is 48.1 Å². The highest BCUT2D eigenvalue weighted by Crippen LogP contribution is 2.36. The zero-order chi connectivity index (χ0) is 14.0. The third-order valence-corrected chi connectivity index (χ3v) is 5.19. The van der Waals surface area contributed by atoms with Crippen molar-refractivity contribution in [2.24, 2.45) is 5.73 Å². The van der Waals surface area contributed by atoms with E-state index < -0.39 is 0 Å². The first-order valence-corrected chi connectivity index (χ1v) is 7.91. The third-order valence-electron chi connectivity index (χ3n) is 3.29. The number of hydrogen-bond acceptors (Lipinski definition) is 3. The first kappa shape index (κ1) is 14.6. The number of halogens is 1. The summed E-state index contributed by atoms with van der Waals surface area (Å²) in [5.74, 6) is 0.851. The fraction of sp³-hybridized carbons (Fsp3) is 0.333. The van der Waals surface area contributed by atoms with E-state index in [1.807, 2.05) is 13.0 Å². The molecule has 0 aliphatic heterocycles. The number of thiophene rings is 1. The standard InChI is InChI=1S/C15H18BrNOS/c1-4-10-5-6-19-15(10)14(17)11-8-12(16)9(2)7-13(11)18-3/h5-8,14H,4,17H2,1-3H3. The molecule has 0 saturated heterocycles. The molecule has 0 amide bonds. The summed E-state index contributed by atoms with van der Waals surface area (Å²) in [5.41, 5.74) is 9.93. The maximum atomic E-state index is 6.44. The zero-order valence-corrected chi connectivity index (χ0v) is 13.8. The minimum atomic E-state index is -0.137. The summed E-state index contributed by atoms with van der Waals surface area (Å²) in [7, 11) is 1.69. The van der Waals surface area contributed by atoms with E-state index in [1.54, 1.807) is 18.4 Å². The minimum Gasteiger partial charge on any atom is -0.496 e. The molecule has 0 bridgehead atoms. The SMILES string of the molecule is CCc1ccsc1C(N)c1cc(Br)c(C)cc1OC. The molecule has 0 spiro atoms. The first-order chi connectivity index (χ1) is 9.08. The summed E-state index contributed by atoms with van der Waals surface area (Å²) >= 11 is 5.28. The quantitative estimate of drug-likeness (QED) is 0.893. The molecule has 1 aromatic heterocycles. The van der Waals surface area contributed by atoms with Gasteiger partial charge < -0.3 is 10.5 Å². The molecule has 0 aliphatic carbocycles. The van der Waals surface area contributed by atoms with Crippen LogP contribution in [0.2, 0.25) is 0 Å². The molecule has 19 heavy (non-hydrogen) atoms. The van der Waals surface area contributed by atoms with Gasteiger partial charge >= 0.3 is 0 Å². The van der Waals surface area contributed by atoms with Crippen LogP contribution in [-0.4, -0.2) is 7.11 Å². The Balaban J connectivity index is 2.49. The van der Waals surface area contributed by atoms with Gasteiger partial charge in [-0.3, -0.25) is 0 Å². The first-order valence-electron chi connectivity index (χ1n) is 6.24. The topological polar surface area (TPSA) is 35.2 Å². The lowest BCUT2D eigenvalue weighted by Crippen LogP contribution is -2.13. The molecule has 102 valence electrons. The zero-order valence-electron chi connectivity index (χ0n) is 11.4. The summed E-state index contributed by atoms with van der Waals surface area (Å²) in [4.78, 5) is 1.22. The van der Waals surface area contributed by atoms with Crippen LogP contribution < -0.4 is 10.5 Å². The second-order valence-electron chi connectivity index (χ2n) is 4.48. The number of hydrogen-bond donors (Lipinski definition) is 1. The second kappa shape index (κ2) is 6.07. The number of aryl methyl sites for hydroxylation is 2. The van der Waals surface area contributed by atoms with E-state index in [4.69, 9.17) is 10.5 Å². The Kier molecular flexibility index (Phi) is 4.66. The van der Waals surface area contributed by atoms with Crippen LogP contribution in [0.25, 0.3) is 0 Å². The lowest BCUT2D eigenvalue weighted by molar-refractivity contribution is 0.407. The molecule has 2 aromatic rings. The average molecular weight is 340 g/mol. The molecule has 1 heterocycles. The van der Waals surface area contributed by atoms with Crippen LogP contribution in [-0.2, 0) is 6.42 Å². The fourth-order valence-electron chi connectivity index (χ4n) is 2.14. The van der Waals surface area contributed by atoms with Crippen molar-refractivity contribution in [3.05, 3.63) is 49.6 Å². The van der Waals surface area contributed by atoms with Crippen molar-refractivity contribution in [2.45, 2.75) is 26.3 Å². The Hall–Kier alpha value is -0.840. The lowest BCUT2D eigenvalue weighted by atomic mass is 10.00. The van der Waals surface area contributed by atoms with Crippen LogP contribution in [0.1, 0.15) is 34.5 Å². The number of benzene rings is 1. The van der Waals surface area contributed by atoms with Crippen LogP contribution >= 0.6 is 27.3 Å². The molecule has 2 rings (SSSR count). The predicted octanol–water partition coefficient (Wildman–Crippen LogP) is 4.44. The number of rotatable bonds is 4. The summed E-state index contributed by atoms with van der Waals surface area (Å²) in [6.45, 7) is 4.20. The van der Waals surface area contributed by atoms with E-state index in [-0.39, 0.29) is 6.04 Å². The van der Waals surface area contributed by atoms with Gasteiger partial charge in [-0.2, -0.15) is 0 Å². The summed E-state index contributed by atoms with van der Waals surface area (Å²) in [6, 6.07) is 6.10. The molecule has 0 radical (unpaired) electrons. The summed E-state index contributed by atoms with van der Waals surface area (Å²) in [5, 5.41) is 2.10. The van der Waals surface area contributed by atoms with E-state index in [1.165, 1.54) is 10.4 Å². The molecule has 0 aliphatic rings. The van der Waals surface area contributed by atoms with Crippen molar-refractivity contribution in [3.63, 3.8) is 0 Å². The normalized spacial score (nSPS) is 12.5. The van der Waals surface area contributed by atoms with E-state index in [0.29, 0.717) is 0 Å². The van der Waals surface area contributed by atoms with Gasteiger partial charge in [0.1, 0.15) is 5.75 Å². The van der Waals surface area contributed by atoms with E-state index in [9.17, 15) is 0 Å². The van der Waals surface area contributed by atoms with E-state index >= 15 is 0 Å². The molecule has 2 nitrogen and oxygen atoms in total. The smallest absolute Gasteiger partial charge is 0.124 e. The summed E-state index contributed by atoms with van der Waals surface area (Å²) in [6.07, 6.45) is 1.00. The number of methoxy groups -OCH3 is 1.